The fraction of sp³-hybridized carbons (Fsp3) is 0.611. The minimum absolute atomic E-state index is 0.314. The minimum Gasteiger partial charge on any atom is -0.493 e. The van der Waals surface area contributed by atoms with Crippen LogP contribution in [0.2, 0.25) is 0 Å². The fourth-order valence-electron chi connectivity index (χ4n) is 3.83. The smallest absolute Gasteiger partial charge is 0.222 e. The van der Waals surface area contributed by atoms with Crippen molar-refractivity contribution in [3.8, 4) is 11.5 Å². The molecule has 1 aromatic carbocycles. The Bertz CT molecular complexity index is 561. The second kappa shape index (κ2) is 7.21. The first-order chi connectivity index (χ1) is 11.2. The molecular weight excluding hydrogens is 292 g/mol. The van der Waals surface area contributed by atoms with Crippen molar-refractivity contribution in [3.05, 3.63) is 23.8 Å². The van der Waals surface area contributed by atoms with Gasteiger partial charge in [0.25, 0.3) is 0 Å². The molecule has 1 aromatic rings. The average molecular weight is 318 g/mol. The molecule has 0 bridgehead atoms. The molecule has 23 heavy (non-hydrogen) atoms. The Kier molecular flexibility index (Phi) is 5.06. The first-order valence-electron chi connectivity index (χ1n) is 8.44. The van der Waals surface area contributed by atoms with Crippen LogP contribution in [0.3, 0.4) is 0 Å². The van der Waals surface area contributed by atoms with Crippen LogP contribution >= 0.6 is 0 Å². The summed E-state index contributed by atoms with van der Waals surface area (Å²) < 4.78 is 10.6. The number of fused-ring (bicyclic) bond motifs is 1. The monoisotopic (exact) mass is 318 g/mol. The van der Waals surface area contributed by atoms with Crippen molar-refractivity contribution < 1.29 is 14.3 Å². The van der Waals surface area contributed by atoms with E-state index >= 15 is 0 Å². The van der Waals surface area contributed by atoms with E-state index < -0.39 is 0 Å². The van der Waals surface area contributed by atoms with Crippen LogP contribution in [0, 0.1) is 5.92 Å². The van der Waals surface area contributed by atoms with Gasteiger partial charge in [-0.05, 0) is 56.0 Å². The summed E-state index contributed by atoms with van der Waals surface area (Å²) in [6.45, 7) is 2.85. The van der Waals surface area contributed by atoms with E-state index in [1.807, 2.05) is 12.1 Å². The standard InChI is InChI=1S/C18H26N2O3/c1-22-16-5-3-13(11-17(16)23-2)8-10-20-15-7-9-19-12-14(15)4-6-18(20)21/h3,5,11,14-15,19H,4,6-10,12H2,1-2H3/t14-,15+/m1/s1. The zero-order valence-corrected chi connectivity index (χ0v) is 14.0. The number of ether oxygens (including phenoxy) is 2. The molecule has 5 nitrogen and oxygen atoms in total. The van der Waals surface area contributed by atoms with Crippen LogP contribution < -0.4 is 14.8 Å². The topological polar surface area (TPSA) is 50.8 Å². The maximum atomic E-state index is 12.4. The zero-order valence-electron chi connectivity index (χ0n) is 14.0. The highest BCUT2D eigenvalue weighted by Crippen LogP contribution is 2.30. The van der Waals surface area contributed by atoms with Gasteiger partial charge in [-0.2, -0.15) is 0 Å². The lowest BCUT2D eigenvalue weighted by Crippen LogP contribution is -2.55. The average Bonchev–Trinajstić information content (AvgIpc) is 2.60. The lowest BCUT2D eigenvalue weighted by atomic mass is 9.84. The van der Waals surface area contributed by atoms with E-state index in [0.717, 1.165) is 50.4 Å². The molecule has 0 aromatic heterocycles. The highest BCUT2D eigenvalue weighted by atomic mass is 16.5. The van der Waals surface area contributed by atoms with Crippen LogP contribution in [-0.4, -0.2) is 50.7 Å². The maximum Gasteiger partial charge on any atom is 0.222 e. The molecule has 0 aliphatic carbocycles. The first-order valence-corrected chi connectivity index (χ1v) is 8.44. The Hall–Kier alpha value is -1.75. The van der Waals surface area contributed by atoms with Crippen LogP contribution in [0.1, 0.15) is 24.8 Å². The Balaban J connectivity index is 1.67. The first kappa shape index (κ1) is 16.1. The summed E-state index contributed by atoms with van der Waals surface area (Å²) in [7, 11) is 3.29. The molecule has 0 unspecified atom stereocenters. The van der Waals surface area contributed by atoms with Crippen molar-refractivity contribution in [1.29, 1.82) is 0 Å². The van der Waals surface area contributed by atoms with Gasteiger partial charge >= 0.3 is 0 Å². The Labute approximate surface area is 137 Å². The highest BCUT2D eigenvalue weighted by molar-refractivity contribution is 5.77. The highest BCUT2D eigenvalue weighted by Gasteiger charge is 2.36. The Morgan fingerprint density at radius 2 is 2.04 bits per heavy atom. The van der Waals surface area contributed by atoms with Crippen molar-refractivity contribution >= 4 is 5.91 Å². The van der Waals surface area contributed by atoms with Gasteiger partial charge in [0, 0.05) is 19.0 Å². The molecule has 126 valence electrons. The molecule has 0 spiro atoms. The van der Waals surface area contributed by atoms with E-state index in [0.29, 0.717) is 24.3 Å². The largest absolute Gasteiger partial charge is 0.493 e. The van der Waals surface area contributed by atoms with Crippen LogP contribution in [-0.2, 0) is 11.2 Å². The van der Waals surface area contributed by atoms with E-state index in [-0.39, 0.29) is 0 Å². The quantitative estimate of drug-likeness (QED) is 0.900. The zero-order chi connectivity index (χ0) is 16.2. The maximum absolute atomic E-state index is 12.4. The SMILES string of the molecule is COc1ccc(CCN2C(=O)CC[C@@H]3CNCC[C@@H]32)cc1OC. The lowest BCUT2D eigenvalue weighted by Gasteiger charge is -2.44. The number of likely N-dealkylation sites (tertiary alicyclic amines) is 1. The molecule has 2 aliphatic rings. The molecule has 2 atom stereocenters. The third-order valence-electron chi connectivity index (χ3n) is 5.11. The summed E-state index contributed by atoms with van der Waals surface area (Å²) >= 11 is 0. The number of methoxy groups -OCH3 is 2. The predicted octanol–water partition coefficient (Wildman–Crippen LogP) is 1.85. The third kappa shape index (κ3) is 3.44. The Morgan fingerprint density at radius 1 is 1.22 bits per heavy atom. The molecule has 2 saturated heterocycles. The van der Waals surface area contributed by atoms with Gasteiger partial charge in [0.1, 0.15) is 0 Å². The summed E-state index contributed by atoms with van der Waals surface area (Å²) in [5, 5.41) is 3.45. The van der Waals surface area contributed by atoms with Crippen molar-refractivity contribution in [2.75, 3.05) is 33.9 Å². The van der Waals surface area contributed by atoms with Gasteiger partial charge in [0.05, 0.1) is 14.2 Å². The number of piperidine rings is 2. The predicted molar refractivity (Wildman–Crippen MR) is 89.0 cm³/mol. The number of carbonyl (C=O) groups is 1. The number of amides is 1. The summed E-state index contributed by atoms with van der Waals surface area (Å²) in [4.78, 5) is 14.5. The number of hydrogen-bond acceptors (Lipinski definition) is 4. The van der Waals surface area contributed by atoms with Gasteiger partial charge in [-0.1, -0.05) is 6.07 Å². The summed E-state index contributed by atoms with van der Waals surface area (Å²) in [6.07, 6.45) is 3.64. The minimum atomic E-state index is 0.314. The van der Waals surface area contributed by atoms with Gasteiger partial charge < -0.3 is 19.7 Å². The van der Waals surface area contributed by atoms with Crippen LogP contribution in [0.25, 0.3) is 0 Å². The molecule has 1 N–H and O–H groups in total. The van der Waals surface area contributed by atoms with E-state index in [9.17, 15) is 4.79 Å². The normalized spacial score (nSPS) is 24.3. The van der Waals surface area contributed by atoms with E-state index in [1.54, 1.807) is 14.2 Å². The molecule has 2 aliphatic heterocycles. The van der Waals surface area contributed by atoms with E-state index in [4.69, 9.17) is 9.47 Å². The lowest BCUT2D eigenvalue weighted by molar-refractivity contribution is -0.139. The van der Waals surface area contributed by atoms with E-state index in [2.05, 4.69) is 16.3 Å². The van der Waals surface area contributed by atoms with Crippen molar-refractivity contribution in [3.63, 3.8) is 0 Å². The summed E-state index contributed by atoms with van der Waals surface area (Å²) in [5.41, 5.74) is 1.17. The number of rotatable bonds is 5. The molecule has 1 amide bonds. The van der Waals surface area contributed by atoms with Crippen LogP contribution in [0.5, 0.6) is 11.5 Å². The fourth-order valence-corrected chi connectivity index (χ4v) is 3.83. The second-order valence-corrected chi connectivity index (χ2v) is 6.39. The van der Waals surface area contributed by atoms with Gasteiger partial charge in [0.2, 0.25) is 5.91 Å². The van der Waals surface area contributed by atoms with Gasteiger partial charge in [-0.15, -0.1) is 0 Å². The van der Waals surface area contributed by atoms with Crippen LogP contribution in [0.4, 0.5) is 0 Å². The van der Waals surface area contributed by atoms with E-state index in [1.165, 1.54) is 5.56 Å². The number of nitrogens with one attached hydrogen (secondary N) is 1. The molecule has 0 saturated carbocycles. The molecular formula is C18H26N2O3. The number of carbonyl (C=O) groups excluding carboxylic acids is 1. The Morgan fingerprint density at radius 3 is 2.83 bits per heavy atom. The third-order valence-corrected chi connectivity index (χ3v) is 5.11. The summed E-state index contributed by atoms with van der Waals surface area (Å²) in [5.74, 6) is 2.42. The molecule has 5 heteroatoms. The van der Waals surface area contributed by atoms with Crippen LogP contribution in [0.15, 0.2) is 18.2 Å². The summed E-state index contributed by atoms with van der Waals surface area (Å²) in [6, 6.07) is 6.40. The molecule has 3 rings (SSSR count). The number of hydrogen-bond donors (Lipinski definition) is 1. The molecule has 2 heterocycles. The van der Waals surface area contributed by atoms with Gasteiger partial charge in [-0.25, -0.2) is 0 Å². The van der Waals surface area contributed by atoms with Gasteiger partial charge in [0.15, 0.2) is 11.5 Å². The molecule has 0 radical (unpaired) electrons. The number of benzene rings is 1. The second-order valence-electron chi connectivity index (χ2n) is 6.39. The molecule has 2 fully saturated rings. The number of nitrogens with zero attached hydrogens (tertiary/aromatic N) is 1. The van der Waals surface area contributed by atoms with Crippen molar-refractivity contribution in [1.82, 2.24) is 10.2 Å². The van der Waals surface area contributed by atoms with Crippen molar-refractivity contribution in [2.45, 2.75) is 31.7 Å². The van der Waals surface area contributed by atoms with Gasteiger partial charge in [-0.3, -0.25) is 4.79 Å². The van der Waals surface area contributed by atoms with Crippen molar-refractivity contribution in [2.24, 2.45) is 5.92 Å².